The number of Topliss-reactive ketones (excluding diaryl/α,β-unsaturated/α-hetero) is 1. The molecule has 0 aliphatic carbocycles. The van der Waals surface area contributed by atoms with Crippen LogP contribution in [0.4, 0.5) is 0 Å². The van der Waals surface area contributed by atoms with E-state index in [1.54, 1.807) is 14.2 Å². The van der Waals surface area contributed by atoms with E-state index in [4.69, 9.17) is 9.47 Å². The van der Waals surface area contributed by atoms with Crippen LogP contribution in [0.3, 0.4) is 0 Å². The van der Waals surface area contributed by atoms with Gasteiger partial charge in [-0.05, 0) is 37.5 Å². The summed E-state index contributed by atoms with van der Waals surface area (Å²) in [7, 11) is 3.21. The van der Waals surface area contributed by atoms with Gasteiger partial charge >= 0.3 is 0 Å². The molecule has 1 saturated heterocycles. The third-order valence-corrected chi connectivity index (χ3v) is 5.30. The van der Waals surface area contributed by atoms with Crippen LogP contribution < -0.4 is 9.47 Å². The fraction of sp³-hybridized carbons (Fsp3) is 0.391. The summed E-state index contributed by atoms with van der Waals surface area (Å²) < 4.78 is 10.7. The van der Waals surface area contributed by atoms with Crippen LogP contribution >= 0.6 is 0 Å². The van der Waals surface area contributed by atoms with Crippen molar-refractivity contribution in [3.63, 3.8) is 0 Å². The predicted molar refractivity (Wildman–Crippen MR) is 108 cm³/mol. The minimum absolute atomic E-state index is 0.00946. The smallest absolute Gasteiger partial charge is 0.223 e. The van der Waals surface area contributed by atoms with Gasteiger partial charge < -0.3 is 14.4 Å². The lowest BCUT2D eigenvalue weighted by Crippen LogP contribution is -2.30. The van der Waals surface area contributed by atoms with Crippen molar-refractivity contribution in [2.24, 2.45) is 0 Å². The molecule has 1 fully saturated rings. The predicted octanol–water partition coefficient (Wildman–Crippen LogP) is 4.34. The van der Waals surface area contributed by atoms with Gasteiger partial charge in [-0.25, -0.2) is 0 Å². The van der Waals surface area contributed by atoms with Gasteiger partial charge in [-0.3, -0.25) is 9.59 Å². The number of carbonyl (C=O) groups is 2. The average molecular weight is 381 g/mol. The van der Waals surface area contributed by atoms with Crippen molar-refractivity contribution in [1.29, 1.82) is 0 Å². The Hall–Kier alpha value is -2.82. The van der Waals surface area contributed by atoms with Gasteiger partial charge in [0.05, 0.1) is 20.3 Å². The second-order valence-corrected chi connectivity index (χ2v) is 7.15. The van der Waals surface area contributed by atoms with Crippen molar-refractivity contribution in [2.45, 2.75) is 38.6 Å². The van der Waals surface area contributed by atoms with Crippen LogP contribution in [0.25, 0.3) is 0 Å². The molecular weight excluding hydrogens is 354 g/mol. The Morgan fingerprint density at radius 3 is 2.39 bits per heavy atom. The molecule has 0 saturated carbocycles. The van der Waals surface area contributed by atoms with Gasteiger partial charge in [0.25, 0.3) is 0 Å². The Kier molecular flexibility index (Phi) is 6.34. The maximum atomic E-state index is 12.8. The van der Waals surface area contributed by atoms with Crippen molar-refractivity contribution in [3.8, 4) is 11.5 Å². The second kappa shape index (κ2) is 8.91. The molecular formula is C23H27NO4. The molecule has 1 amide bonds. The number of methoxy groups -OCH3 is 2. The third-order valence-electron chi connectivity index (χ3n) is 5.30. The molecule has 3 rings (SSSR count). The van der Waals surface area contributed by atoms with Crippen molar-refractivity contribution >= 4 is 11.7 Å². The van der Waals surface area contributed by atoms with Crippen LogP contribution in [0.15, 0.2) is 42.5 Å². The van der Waals surface area contributed by atoms with Crippen molar-refractivity contribution in [2.75, 3.05) is 20.8 Å². The maximum absolute atomic E-state index is 12.8. The minimum atomic E-state index is 0.00946. The first kappa shape index (κ1) is 19.9. The van der Waals surface area contributed by atoms with E-state index in [1.807, 2.05) is 54.3 Å². The summed E-state index contributed by atoms with van der Waals surface area (Å²) >= 11 is 0. The van der Waals surface area contributed by atoms with E-state index in [0.29, 0.717) is 17.1 Å². The first-order valence-corrected chi connectivity index (χ1v) is 9.64. The molecule has 0 aromatic heterocycles. The van der Waals surface area contributed by atoms with E-state index in [-0.39, 0.29) is 30.6 Å². The molecule has 0 unspecified atom stereocenters. The first-order chi connectivity index (χ1) is 13.5. The number of amides is 1. The lowest BCUT2D eigenvalue weighted by Gasteiger charge is -2.25. The molecule has 5 heteroatoms. The van der Waals surface area contributed by atoms with E-state index in [0.717, 1.165) is 30.5 Å². The van der Waals surface area contributed by atoms with Gasteiger partial charge in [-0.2, -0.15) is 0 Å². The standard InChI is InChI=1S/C23H27NO4/c1-16-6-8-17(9-7-16)20(25)11-13-23(26)24-14-4-5-19(24)18-10-12-21(27-2)22(15-18)28-3/h6-10,12,15,19H,4-5,11,13-14H2,1-3H3/t19-/m1/s1. The quantitative estimate of drug-likeness (QED) is 0.670. The number of aryl methyl sites for hydroxylation is 1. The SMILES string of the molecule is COc1ccc([C@H]2CCCN2C(=O)CCC(=O)c2ccc(C)cc2)cc1OC. The van der Waals surface area contributed by atoms with E-state index < -0.39 is 0 Å². The number of ketones is 1. The van der Waals surface area contributed by atoms with Crippen LogP contribution in [-0.4, -0.2) is 37.4 Å². The number of rotatable bonds is 7. The number of likely N-dealkylation sites (tertiary alicyclic amines) is 1. The first-order valence-electron chi connectivity index (χ1n) is 9.64. The number of nitrogens with zero attached hydrogens (tertiary/aromatic N) is 1. The van der Waals surface area contributed by atoms with E-state index in [1.165, 1.54) is 0 Å². The molecule has 0 N–H and O–H groups in total. The number of ether oxygens (including phenoxy) is 2. The molecule has 2 aromatic rings. The van der Waals surface area contributed by atoms with Crippen molar-refractivity contribution < 1.29 is 19.1 Å². The van der Waals surface area contributed by atoms with Crippen LogP contribution in [0.1, 0.15) is 53.2 Å². The van der Waals surface area contributed by atoms with Gasteiger partial charge in [-0.15, -0.1) is 0 Å². The largest absolute Gasteiger partial charge is 0.493 e. The molecule has 1 aliphatic rings. The molecule has 1 heterocycles. The maximum Gasteiger partial charge on any atom is 0.223 e. The summed E-state index contributed by atoms with van der Waals surface area (Å²) in [6.45, 7) is 2.70. The summed E-state index contributed by atoms with van der Waals surface area (Å²) in [4.78, 5) is 27.1. The Bertz CT molecular complexity index is 844. The topological polar surface area (TPSA) is 55.8 Å². The highest BCUT2D eigenvalue weighted by Crippen LogP contribution is 2.37. The van der Waals surface area contributed by atoms with E-state index in [9.17, 15) is 9.59 Å². The summed E-state index contributed by atoms with van der Waals surface area (Å²) in [6.07, 6.45) is 2.33. The normalized spacial score (nSPS) is 16.1. The number of hydrogen-bond acceptors (Lipinski definition) is 4. The van der Waals surface area contributed by atoms with Gasteiger partial charge in [-0.1, -0.05) is 35.9 Å². The molecule has 0 radical (unpaired) electrons. The van der Waals surface area contributed by atoms with Gasteiger partial charge in [0.1, 0.15) is 0 Å². The number of carbonyl (C=O) groups excluding carboxylic acids is 2. The van der Waals surface area contributed by atoms with E-state index in [2.05, 4.69) is 0 Å². The lowest BCUT2D eigenvalue weighted by molar-refractivity contribution is -0.132. The van der Waals surface area contributed by atoms with Gasteiger partial charge in [0.2, 0.25) is 5.91 Å². The number of benzene rings is 2. The Morgan fingerprint density at radius 1 is 1.00 bits per heavy atom. The molecule has 28 heavy (non-hydrogen) atoms. The summed E-state index contributed by atoms with van der Waals surface area (Å²) in [6, 6.07) is 13.3. The van der Waals surface area contributed by atoms with Crippen LogP contribution in [0.5, 0.6) is 11.5 Å². The van der Waals surface area contributed by atoms with E-state index >= 15 is 0 Å². The third kappa shape index (κ3) is 4.35. The van der Waals surface area contributed by atoms with Crippen LogP contribution in [-0.2, 0) is 4.79 Å². The highest BCUT2D eigenvalue weighted by atomic mass is 16.5. The average Bonchev–Trinajstić information content (AvgIpc) is 3.21. The summed E-state index contributed by atoms with van der Waals surface area (Å²) in [5.41, 5.74) is 2.81. The van der Waals surface area contributed by atoms with Crippen molar-refractivity contribution in [1.82, 2.24) is 4.90 Å². The molecule has 2 aromatic carbocycles. The zero-order valence-corrected chi connectivity index (χ0v) is 16.7. The molecule has 0 bridgehead atoms. The molecule has 0 spiro atoms. The summed E-state index contributed by atoms with van der Waals surface area (Å²) in [5.74, 6) is 1.37. The fourth-order valence-corrected chi connectivity index (χ4v) is 3.72. The number of hydrogen-bond donors (Lipinski definition) is 0. The summed E-state index contributed by atoms with van der Waals surface area (Å²) in [5, 5.41) is 0. The molecule has 1 aliphatic heterocycles. The Labute approximate surface area is 166 Å². The Morgan fingerprint density at radius 2 is 1.71 bits per heavy atom. The Balaban J connectivity index is 1.66. The zero-order chi connectivity index (χ0) is 20.1. The molecule has 5 nitrogen and oxygen atoms in total. The lowest BCUT2D eigenvalue weighted by atomic mass is 10.0. The molecule has 148 valence electrons. The fourth-order valence-electron chi connectivity index (χ4n) is 3.72. The van der Waals surface area contributed by atoms with Gasteiger partial charge in [0, 0.05) is 24.9 Å². The van der Waals surface area contributed by atoms with Crippen LogP contribution in [0, 0.1) is 6.92 Å². The highest BCUT2D eigenvalue weighted by Gasteiger charge is 2.30. The monoisotopic (exact) mass is 381 g/mol. The highest BCUT2D eigenvalue weighted by molar-refractivity contribution is 5.98. The van der Waals surface area contributed by atoms with Crippen LogP contribution in [0.2, 0.25) is 0 Å². The van der Waals surface area contributed by atoms with Crippen molar-refractivity contribution in [3.05, 3.63) is 59.2 Å². The minimum Gasteiger partial charge on any atom is -0.493 e. The zero-order valence-electron chi connectivity index (χ0n) is 16.7. The second-order valence-electron chi connectivity index (χ2n) is 7.15. The molecule has 1 atom stereocenters. The van der Waals surface area contributed by atoms with Gasteiger partial charge in [0.15, 0.2) is 17.3 Å².